The minimum atomic E-state index is -0.229. The van der Waals surface area contributed by atoms with Crippen LogP contribution in [0.3, 0.4) is 0 Å². The van der Waals surface area contributed by atoms with E-state index in [2.05, 4.69) is 10.6 Å². The molecule has 1 aliphatic carbocycles. The number of benzene rings is 2. The Bertz CT molecular complexity index is 718. The molecule has 5 heteroatoms. The van der Waals surface area contributed by atoms with Crippen LogP contribution >= 0.6 is 0 Å². The molecule has 2 atom stereocenters. The molecule has 1 aliphatic rings. The van der Waals surface area contributed by atoms with Crippen LogP contribution in [0.5, 0.6) is 5.75 Å². The lowest BCUT2D eigenvalue weighted by Crippen LogP contribution is -2.39. The molecule has 3 rings (SSSR count). The van der Waals surface area contributed by atoms with Gasteiger partial charge in [-0.25, -0.2) is 4.79 Å². The number of carbonyl (C=O) groups is 1. The molecule has 0 spiro atoms. The van der Waals surface area contributed by atoms with Gasteiger partial charge in [0.15, 0.2) is 0 Å². The number of aromatic hydroxyl groups is 1. The molecule has 0 radical (unpaired) electrons. The molecule has 0 saturated heterocycles. The van der Waals surface area contributed by atoms with Gasteiger partial charge in [0.25, 0.3) is 0 Å². The molecule has 0 heterocycles. The summed E-state index contributed by atoms with van der Waals surface area (Å²) in [5.41, 5.74) is 2.94. The van der Waals surface area contributed by atoms with Gasteiger partial charge in [0.05, 0.1) is 12.1 Å². The number of aliphatic hydroxyl groups is 1. The third-order valence-electron chi connectivity index (χ3n) is 4.71. The van der Waals surface area contributed by atoms with E-state index in [9.17, 15) is 9.90 Å². The molecule has 0 aromatic heterocycles. The average molecular weight is 340 g/mol. The van der Waals surface area contributed by atoms with Crippen molar-refractivity contribution in [2.75, 3.05) is 6.61 Å². The highest BCUT2D eigenvalue weighted by molar-refractivity contribution is 5.75. The second-order valence-electron chi connectivity index (χ2n) is 6.38. The fourth-order valence-electron chi connectivity index (χ4n) is 3.45. The van der Waals surface area contributed by atoms with Gasteiger partial charge in [-0.1, -0.05) is 42.5 Å². The van der Waals surface area contributed by atoms with Crippen LogP contribution in [0.1, 0.15) is 48.0 Å². The van der Waals surface area contributed by atoms with E-state index in [4.69, 9.17) is 5.11 Å². The van der Waals surface area contributed by atoms with Crippen LogP contribution in [0.4, 0.5) is 4.79 Å². The summed E-state index contributed by atoms with van der Waals surface area (Å²) < 4.78 is 0. The lowest BCUT2D eigenvalue weighted by atomic mass is 10.0. The Morgan fingerprint density at radius 3 is 2.72 bits per heavy atom. The third-order valence-corrected chi connectivity index (χ3v) is 4.71. The van der Waals surface area contributed by atoms with E-state index in [-0.39, 0.29) is 24.7 Å². The van der Waals surface area contributed by atoms with Gasteiger partial charge in [0.1, 0.15) is 5.75 Å². The summed E-state index contributed by atoms with van der Waals surface area (Å²) >= 11 is 0. The number of hydrogen-bond donors (Lipinski definition) is 4. The average Bonchev–Trinajstić information content (AvgIpc) is 3.03. The smallest absolute Gasteiger partial charge is 0.315 e. The first kappa shape index (κ1) is 17.3. The minimum absolute atomic E-state index is 0.0867. The highest BCUT2D eigenvalue weighted by Crippen LogP contribution is 2.36. The fourth-order valence-corrected chi connectivity index (χ4v) is 3.45. The fraction of sp³-hybridized carbons (Fsp3) is 0.350. The van der Waals surface area contributed by atoms with E-state index < -0.39 is 0 Å². The number of aliphatic hydroxyl groups excluding tert-OH is 1. The van der Waals surface area contributed by atoms with Crippen molar-refractivity contribution in [1.29, 1.82) is 0 Å². The van der Waals surface area contributed by atoms with Gasteiger partial charge in [-0.2, -0.15) is 0 Å². The molecule has 0 bridgehead atoms. The van der Waals surface area contributed by atoms with E-state index in [1.54, 1.807) is 12.1 Å². The van der Waals surface area contributed by atoms with E-state index in [0.29, 0.717) is 18.6 Å². The number of urea groups is 1. The highest BCUT2D eigenvalue weighted by Gasteiger charge is 2.26. The van der Waals surface area contributed by atoms with E-state index in [1.165, 1.54) is 0 Å². The van der Waals surface area contributed by atoms with Crippen molar-refractivity contribution in [2.45, 2.75) is 37.8 Å². The number of hydrogen-bond acceptors (Lipinski definition) is 3. The van der Waals surface area contributed by atoms with Crippen molar-refractivity contribution in [3.8, 4) is 5.75 Å². The van der Waals surface area contributed by atoms with Crippen LogP contribution in [-0.2, 0) is 6.42 Å². The van der Waals surface area contributed by atoms with Crippen LogP contribution in [0.25, 0.3) is 0 Å². The summed E-state index contributed by atoms with van der Waals surface area (Å²) in [4.78, 5) is 12.5. The number of carbonyl (C=O) groups excluding carboxylic acids is 1. The molecular formula is C20H24N2O3. The monoisotopic (exact) mass is 340 g/mol. The van der Waals surface area contributed by atoms with Crippen LogP contribution in [0.2, 0.25) is 0 Å². The lowest BCUT2D eigenvalue weighted by molar-refractivity contribution is 0.229. The standard InChI is InChI=1S/C20H24N2O3/c23-13-5-9-17(14-6-2-1-3-7-14)21-20(25)22-18-12-11-16-15(18)8-4-10-19(16)24/h1-4,6-8,10,17-18,23-24H,5,9,11-13H2,(H2,21,22,25). The van der Waals surface area contributed by atoms with Crippen LogP contribution < -0.4 is 10.6 Å². The summed E-state index contributed by atoms with van der Waals surface area (Å²) in [6.45, 7) is 0.0991. The zero-order valence-corrected chi connectivity index (χ0v) is 14.1. The first-order valence-corrected chi connectivity index (χ1v) is 8.72. The Kier molecular flexibility index (Phi) is 5.56. The number of phenolic OH excluding ortho intramolecular Hbond substituents is 1. The number of nitrogens with one attached hydrogen (secondary N) is 2. The molecule has 4 N–H and O–H groups in total. The Labute approximate surface area is 147 Å². The first-order chi connectivity index (χ1) is 12.2. The number of phenols is 1. The number of amides is 2. The molecule has 2 aromatic rings. The van der Waals surface area contributed by atoms with E-state index in [1.807, 2.05) is 36.4 Å². The SMILES string of the molecule is O=C(NC(CCCO)c1ccccc1)NC1CCc2c(O)cccc21. The molecule has 2 amide bonds. The van der Waals surface area contributed by atoms with Crippen molar-refractivity contribution in [1.82, 2.24) is 10.6 Å². The highest BCUT2D eigenvalue weighted by atomic mass is 16.3. The van der Waals surface area contributed by atoms with Crippen molar-refractivity contribution in [3.63, 3.8) is 0 Å². The molecule has 0 aliphatic heterocycles. The molecular weight excluding hydrogens is 316 g/mol. The predicted octanol–water partition coefficient (Wildman–Crippen LogP) is 3.19. The zero-order valence-electron chi connectivity index (χ0n) is 14.1. The maximum absolute atomic E-state index is 12.5. The normalized spacial score (nSPS) is 16.9. The second kappa shape index (κ2) is 8.03. The van der Waals surface area contributed by atoms with Gasteiger partial charge in [-0.3, -0.25) is 0 Å². The van der Waals surface area contributed by atoms with E-state index in [0.717, 1.165) is 29.5 Å². The zero-order chi connectivity index (χ0) is 17.6. The van der Waals surface area contributed by atoms with Crippen molar-refractivity contribution in [3.05, 3.63) is 65.2 Å². The summed E-state index contributed by atoms with van der Waals surface area (Å²) in [6, 6.07) is 14.8. The maximum Gasteiger partial charge on any atom is 0.315 e. The van der Waals surface area contributed by atoms with Gasteiger partial charge < -0.3 is 20.8 Å². The maximum atomic E-state index is 12.5. The van der Waals surface area contributed by atoms with Gasteiger partial charge in [0.2, 0.25) is 0 Å². The van der Waals surface area contributed by atoms with Gasteiger partial charge in [-0.05, 0) is 48.4 Å². The van der Waals surface area contributed by atoms with E-state index >= 15 is 0 Å². The molecule has 2 unspecified atom stereocenters. The lowest BCUT2D eigenvalue weighted by Gasteiger charge is -2.21. The Balaban J connectivity index is 1.66. The molecule has 0 saturated carbocycles. The van der Waals surface area contributed by atoms with Gasteiger partial charge in [0, 0.05) is 6.61 Å². The summed E-state index contributed by atoms with van der Waals surface area (Å²) in [6.07, 6.45) is 2.85. The van der Waals surface area contributed by atoms with Crippen molar-refractivity contribution >= 4 is 6.03 Å². The Morgan fingerprint density at radius 2 is 1.96 bits per heavy atom. The number of rotatable bonds is 6. The molecule has 2 aromatic carbocycles. The number of fused-ring (bicyclic) bond motifs is 1. The molecule has 5 nitrogen and oxygen atoms in total. The first-order valence-electron chi connectivity index (χ1n) is 8.72. The Morgan fingerprint density at radius 1 is 1.16 bits per heavy atom. The summed E-state index contributed by atoms with van der Waals surface area (Å²) in [5.74, 6) is 0.298. The van der Waals surface area contributed by atoms with Crippen molar-refractivity contribution < 1.29 is 15.0 Å². The third kappa shape index (κ3) is 4.12. The molecule has 0 fully saturated rings. The van der Waals surface area contributed by atoms with Crippen LogP contribution in [-0.4, -0.2) is 22.9 Å². The van der Waals surface area contributed by atoms with Gasteiger partial charge in [-0.15, -0.1) is 0 Å². The summed E-state index contributed by atoms with van der Waals surface area (Å²) in [7, 11) is 0. The predicted molar refractivity (Wildman–Crippen MR) is 96.3 cm³/mol. The second-order valence-corrected chi connectivity index (χ2v) is 6.38. The topological polar surface area (TPSA) is 81.6 Å². The largest absolute Gasteiger partial charge is 0.508 e. The van der Waals surface area contributed by atoms with Crippen LogP contribution in [0, 0.1) is 0 Å². The summed E-state index contributed by atoms with van der Waals surface area (Å²) in [5, 5.41) is 25.1. The molecule has 132 valence electrons. The quantitative estimate of drug-likeness (QED) is 0.652. The van der Waals surface area contributed by atoms with Crippen LogP contribution in [0.15, 0.2) is 48.5 Å². The minimum Gasteiger partial charge on any atom is -0.508 e. The van der Waals surface area contributed by atoms with Crippen molar-refractivity contribution in [2.24, 2.45) is 0 Å². The molecule has 25 heavy (non-hydrogen) atoms. The van der Waals surface area contributed by atoms with Gasteiger partial charge >= 0.3 is 6.03 Å². The Hall–Kier alpha value is -2.53.